The van der Waals surface area contributed by atoms with E-state index in [2.05, 4.69) is 35.9 Å². The molecule has 150 valence electrons. The Hall–Kier alpha value is -1.77. The van der Waals surface area contributed by atoms with Crippen molar-refractivity contribution in [1.29, 1.82) is 0 Å². The van der Waals surface area contributed by atoms with E-state index in [0.29, 0.717) is 24.8 Å². The third-order valence-corrected chi connectivity index (χ3v) is 5.90. The highest BCUT2D eigenvalue weighted by atomic mass is 79.9. The van der Waals surface area contributed by atoms with Crippen LogP contribution in [0.15, 0.2) is 33.3 Å². The van der Waals surface area contributed by atoms with Gasteiger partial charge in [0.2, 0.25) is 17.6 Å². The van der Waals surface area contributed by atoms with Gasteiger partial charge in [-0.2, -0.15) is 4.98 Å². The fraction of sp³-hybridized carbons (Fsp3) is 0.550. The predicted molar refractivity (Wildman–Crippen MR) is 110 cm³/mol. The predicted octanol–water partition coefficient (Wildman–Crippen LogP) is 2.63. The zero-order valence-electron chi connectivity index (χ0n) is 16.0. The molecule has 1 amide bonds. The van der Waals surface area contributed by atoms with Gasteiger partial charge >= 0.3 is 0 Å². The van der Waals surface area contributed by atoms with E-state index in [0.717, 1.165) is 68.6 Å². The summed E-state index contributed by atoms with van der Waals surface area (Å²) in [4.78, 5) is 23.6. The number of nitrogens with zero attached hydrogens (tertiary/aromatic N) is 5. The molecular weight excluding hydrogens is 422 g/mol. The summed E-state index contributed by atoms with van der Waals surface area (Å²) in [5.41, 5.74) is 0.937. The Morgan fingerprint density at radius 1 is 1.04 bits per heavy atom. The first-order chi connectivity index (χ1) is 13.7. The second-order valence-electron chi connectivity index (χ2n) is 7.52. The number of carbonyl (C=O) groups is 1. The molecule has 1 aromatic carbocycles. The lowest BCUT2D eigenvalue weighted by molar-refractivity contribution is -0.131. The SMILES string of the molecule is O=C(CN1CCCN(Cc2nc(-c3cccc(Br)c3)no2)CC1)N1CCCC1. The molecule has 2 fully saturated rings. The fourth-order valence-electron chi connectivity index (χ4n) is 3.85. The van der Waals surface area contributed by atoms with Gasteiger partial charge in [-0.25, -0.2) is 0 Å². The minimum absolute atomic E-state index is 0.279. The molecule has 2 aliphatic heterocycles. The van der Waals surface area contributed by atoms with E-state index in [1.54, 1.807) is 0 Å². The first-order valence-corrected chi connectivity index (χ1v) is 10.8. The minimum Gasteiger partial charge on any atom is -0.342 e. The van der Waals surface area contributed by atoms with E-state index in [9.17, 15) is 4.79 Å². The summed E-state index contributed by atoms with van der Waals surface area (Å²) in [5.74, 6) is 1.53. The van der Waals surface area contributed by atoms with Crippen LogP contribution in [0.2, 0.25) is 0 Å². The van der Waals surface area contributed by atoms with Crippen LogP contribution in [0.4, 0.5) is 0 Å². The van der Waals surface area contributed by atoms with Crippen LogP contribution < -0.4 is 0 Å². The molecule has 1 aromatic heterocycles. The molecule has 0 atom stereocenters. The molecular formula is C20H26BrN5O2. The van der Waals surface area contributed by atoms with Crippen molar-refractivity contribution in [2.75, 3.05) is 45.8 Å². The van der Waals surface area contributed by atoms with E-state index in [4.69, 9.17) is 4.52 Å². The zero-order valence-corrected chi connectivity index (χ0v) is 17.6. The van der Waals surface area contributed by atoms with Gasteiger partial charge in [0.05, 0.1) is 13.1 Å². The van der Waals surface area contributed by atoms with Gasteiger partial charge < -0.3 is 9.42 Å². The number of amides is 1. The largest absolute Gasteiger partial charge is 0.342 e. The van der Waals surface area contributed by atoms with Crippen molar-refractivity contribution in [1.82, 2.24) is 24.8 Å². The molecule has 8 heteroatoms. The lowest BCUT2D eigenvalue weighted by Gasteiger charge is -2.23. The van der Waals surface area contributed by atoms with E-state index >= 15 is 0 Å². The number of hydrogen-bond acceptors (Lipinski definition) is 6. The Morgan fingerprint density at radius 2 is 1.82 bits per heavy atom. The maximum atomic E-state index is 12.4. The lowest BCUT2D eigenvalue weighted by Crippen LogP contribution is -2.40. The van der Waals surface area contributed by atoms with Crippen molar-refractivity contribution in [2.45, 2.75) is 25.8 Å². The van der Waals surface area contributed by atoms with E-state index < -0.39 is 0 Å². The van der Waals surface area contributed by atoms with Gasteiger partial charge in [-0.3, -0.25) is 14.6 Å². The number of halogens is 1. The Balaban J connectivity index is 1.29. The second-order valence-corrected chi connectivity index (χ2v) is 8.43. The number of rotatable bonds is 5. The molecule has 2 saturated heterocycles. The molecule has 2 aromatic rings. The maximum absolute atomic E-state index is 12.4. The van der Waals surface area contributed by atoms with Crippen LogP contribution in [0.5, 0.6) is 0 Å². The molecule has 0 N–H and O–H groups in total. The first-order valence-electron chi connectivity index (χ1n) is 9.98. The van der Waals surface area contributed by atoms with Gasteiger partial charge in [0.25, 0.3) is 0 Å². The number of aromatic nitrogens is 2. The highest BCUT2D eigenvalue weighted by Crippen LogP contribution is 2.21. The van der Waals surface area contributed by atoms with Gasteiger partial charge in [-0.15, -0.1) is 0 Å². The normalized spacial score (nSPS) is 19.1. The van der Waals surface area contributed by atoms with Crippen LogP contribution in [0, 0.1) is 0 Å². The monoisotopic (exact) mass is 447 g/mol. The molecule has 4 rings (SSSR count). The van der Waals surface area contributed by atoms with Crippen molar-refractivity contribution >= 4 is 21.8 Å². The minimum atomic E-state index is 0.279. The van der Waals surface area contributed by atoms with Gasteiger partial charge in [0, 0.05) is 36.2 Å². The molecule has 0 unspecified atom stereocenters. The van der Waals surface area contributed by atoms with Gasteiger partial charge in [-0.05, 0) is 44.5 Å². The highest BCUT2D eigenvalue weighted by Gasteiger charge is 2.23. The van der Waals surface area contributed by atoms with E-state index in [1.165, 1.54) is 0 Å². The first kappa shape index (κ1) is 19.5. The Labute approximate surface area is 173 Å². The van der Waals surface area contributed by atoms with Crippen LogP contribution in [0.3, 0.4) is 0 Å². The average Bonchev–Trinajstić information content (AvgIpc) is 3.33. The van der Waals surface area contributed by atoms with Crippen molar-refractivity contribution in [3.05, 3.63) is 34.6 Å². The maximum Gasteiger partial charge on any atom is 0.241 e. The molecule has 0 bridgehead atoms. The molecule has 0 aliphatic carbocycles. The topological polar surface area (TPSA) is 65.7 Å². The van der Waals surface area contributed by atoms with Gasteiger partial charge in [0.15, 0.2) is 0 Å². The van der Waals surface area contributed by atoms with Crippen LogP contribution >= 0.6 is 15.9 Å². The standard InChI is InChI=1S/C20H26BrN5O2/c21-17-6-3-5-16(13-17)20-22-18(28-23-20)14-24-7-4-8-25(12-11-24)15-19(27)26-9-1-2-10-26/h3,5-6,13H,1-2,4,7-12,14-15H2. The van der Waals surface area contributed by atoms with Crippen molar-refractivity contribution in [2.24, 2.45) is 0 Å². The van der Waals surface area contributed by atoms with Crippen molar-refractivity contribution < 1.29 is 9.32 Å². The molecule has 3 heterocycles. The summed E-state index contributed by atoms with van der Waals surface area (Å²) < 4.78 is 6.46. The smallest absolute Gasteiger partial charge is 0.241 e. The summed E-state index contributed by atoms with van der Waals surface area (Å²) in [6.45, 7) is 6.78. The Bertz CT molecular complexity index is 805. The quantitative estimate of drug-likeness (QED) is 0.701. The molecule has 0 saturated carbocycles. The summed E-state index contributed by atoms with van der Waals surface area (Å²) in [5, 5.41) is 4.12. The van der Waals surface area contributed by atoms with Crippen LogP contribution in [-0.2, 0) is 11.3 Å². The Morgan fingerprint density at radius 3 is 2.64 bits per heavy atom. The fourth-order valence-corrected chi connectivity index (χ4v) is 4.25. The summed E-state index contributed by atoms with van der Waals surface area (Å²) >= 11 is 3.47. The van der Waals surface area contributed by atoms with Crippen LogP contribution in [0.1, 0.15) is 25.2 Å². The number of hydrogen-bond donors (Lipinski definition) is 0. The lowest BCUT2D eigenvalue weighted by atomic mass is 10.2. The summed E-state index contributed by atoms with van der Waals surface area (Å²) in [6, 6.07) is 7.89. The van der Waals surface area contributed by atoms with Crippen molar-refractivity contribution in [3.63, 3.8) is 0 Å². The molecule has 0 spiro atoms. The molecule has 28 heavy (non-hydrogen) atoms. The summed E-state index contributed by atoms with van der Waals surface area (Å²) in [6.07, 6.45) is 3.33. The highest BCUT2D eigenvalue weighted by molar-refractivity contribution is 9.10. The third-order valence-electron chi connectivity index (χ3n) is 5.41. The molecule has 2 aliphatic rings. The van der Waals surface area contributed by atoms with E-state index in [1.807, 2.05) is 29.2 Å². The zero-order chi connectivity index (χ0) is 19.3. The Kier molecular flexibility index (Phi) is 6.39. The molecule has 7 nitrogen and oxygen atoms in total. The number of carbonyl (C=O) groups excluding carboxylic acids is 1. The van der Waals surface area contributed by atoms with Crippen LogP contribution in [0.25, 0.3) is 11.4 Å². The molecule has 0 radical (unpaired) electrons. The second kappa shape index (κ2) is 9.15. The van der Waals surface area contributed by atoms with Gasteiger partial charge in [-0.1, -0.05) is 33.2 Å². The van der Waals surface area contributed by atoms with E-state index in [-0.39, 0.29) is 5.91 Å². The summed E-state index contributed by atoms with van der Waals surface area (Å²) in [7, 11) is 0. The van der Waals surface area contributed by atoms with Gasteiger partial charge in [0.1, 0.15) is 0 Å². The third kappa shape index (κ3) is 4.98. The average molecular weight is 448 g/mol. The number of likely N-dealkylation sites (tertiary alicyclic amines) is 1. The number of benzene rings is 1. The van der Waals surface area contributed by atoms with Crippen molar-refractivity contribution in [3.8, 4) is 11.4 Å². The van der Waals surface area contributed by atoms with Crippen LogP contribution in [-0.4, -0.2) is 76.6 Å².